The SMILES string of the molecule is O=C(c1ccccc1)c1ccccc1OCc1nc2ccccc2s1. The highest BCUT2D eigenvalue weighted by Crippen LogP contribution is 2.25. The van der Waals surface area contributed by atoms with Gasteiger partial charge in [-0.2, -0.15) is 0 Å². The summed E-state index contributed by atoms with van der Waals surface area (Å²) in [7, 11) is 0. The fraction of sp³-hybridized carbons (Fsp3) is 0.0476. The smallest absolute Gasteiger partial charge is 0.196 e. The molecule has 0 atom stereocenters. The predicted octanol–water partition coefficient (Wildman–Crippen LogP) is 5.11. The van der Waals surface area contributed by atoms with Crippen molar-refractivity contribution in [1.82, 2.24) is 4.98 Å². The van der Waals surface area contributed by atoms with Gasteiger partial charge in [-0.1, -0.05) is 54.6 Å². The molecular weight excluding hydrogens is 330 g/mol. The first kappa shape index (κ1) is 15.5. The molecule has 1 aromatic heterocycles. The van der Waals surface area contributed by atoms with E-state index in [1.54, 1.807) is 17.4 Å². The van der Waals surface area contributed by atoms with Gasteiger partial charge in [-0.15, -0.1) is 11.3 Å². The third-order valence-electron chi connectivity index (χ3n) is 3.86. The van der Waals surface area contributed by atoms with E-state index in [2.05, 4.69) is 4.98 Å². The van der Waals surface area contributed by atoms with Gasteiger partial charge in [0.1, 0.15) is 17.4 Å². The van der Waals surface area contributed by atoms with Crippen LogP contribution in [-0.4, -0.2) is 10.8 Å². The molecule has 4 aromatic rings. The lowest BCUT2D eigenvalue weighted by Crippen LogP contribution is -2.05. The van der Waals surface area contributed by atoms with Crippen molar-refractivity contribution in [3.05, 3.63) is 95.0 Å². The van der Waals surface area contributed by atoms with Crippen LogP contribution in [0.15, 0.2) is 78.9 Å². The van der Waals surface area contributed by atoms with E-state index in [9.17, 15) is 4.79 Å². The summed E-state index contributed by atoms with van der Waals surface area (Å²) in [5, 5.41) is 0.892. The maximum absolute atomic E-state index is 12.7. The van der Waals surface area contributed by atoms with Crippen molar-refractivity contribution in [3.63, 3.8) is 0 Å². The number of para-hydroxylation sites is 2. The number of carbonyl (C=O) groups excluding carboxylic acids is 1. The number of hydrogen-bond donors (Lipinski definition) is 0. The highest BCUT2D eigenvalue weighted by atomic mass is 32.1. The molecule has 0 radical (unpaired) electrons. The number of benzene rings is 3. The molecule has 0 amide bonds. The zero-order valence-corrected chi connectivity index (χ0v) is 14.2. The Balaban J connectivity index is 1.58. The van der Waals surface area contributed by atoms with E-state index in [0.29, 0.717) is 23.5 Å². The Labute approximate surface area is 149 Å². The molecule has 4 heteroatoms. The van der Waals surface area contributed by atoms with Crippen LogP contribution in [0.3, 0.4) is 0 Å². The molecule has 122 valence electrons. The molecule has 0 saturated heterocycles. The lowest BCUT2D eigenvalue weighted by Gasteiger charge is -2.09. The van der Waals surface area contributed by atoms with Crippen LogP contribution < -0.4 is 4.74 Å². The second kappa shape index (κ2) is 6.87. The van der Waals surface area contributed by atoms with Crippen molar-refractivity contribution in [2.75, 3.05) is 0 Å². The Hall–Kier alpha value is -2.98. The molecule has 1 heterocycles. The third-order valence-corrected chi connectivity index (χ3v) is 4.87. The van der Waals surface area contributed by atoms with Crippen molar-refractivity contribution in [3.8, 4) is 5.75 Å². The number of carbonyl (C=O) groups is 1. The zero-order chi connectivity index (χ0) is 17.1. The number of ether oxygens (including phenoxy) is 1. The average molecular weight is 345 g/mol. The van der Waals surface area contributed by atoms with Crippen molar-refractivity contribution in [2.45, 2.75) is 6.61 Å². The number of hydrogen-bond acceptors (Lipinski definition) is 4. The average Bonchev–Trinajstić information content (AvgIpc) is 3.10. The van der Waals surface area contributed by atoms with E-state index >= 15 is 0 Å². The van der Waals surface area contributed by atoms with Crippen LogP contribution in [0, 0.1) is 0 Å². The summed E-state index contributed by atoms with van der Waals surface area (Å²) in [6.45, 7) is 0.346. The quantitative estimate of drug-likeness (QED) is 0.472. The molecule has 0 fully saturated rings. The minimum absolute atomic E-state index is 0.0412. The van der Waals surface area contributed by atoms with E-state index in [0.717, 1.165) is 15.2 Å². The van der Waals surface area contributed by atoms with Gasteiger partial charge in [0.2, 0.25) is 0 Å². The van der Waals surface area contributed by atoms with Crippen LogP contribution in [0.25, 0.3) is 10.2 Å². The van der Waals surface area contributed by atoms with Gasteiger partial charge in [-0.05, 0) is 24.3 Å². The summed E-state index contributed by atoms with van der Waals surface area (Å²) in [6.07, 6.45) is 0. The molecule has 0 aliphatic heterocycles. The first-order valence-electron chi connectivity index (χ1n) is 7.97. The Morgan fingerprint density at radius 2 is 1.60 bits per heavy atom. The number of rotatable bonds is 5. The first-order chi connectivity index (χ1) is 12.3. The molecule has 0 saturated carbocycles. The van der Waals surface area contributed by atoms with Crippen molar-refractivity contribution in [2.24, 2.45) is 0 Å². The molecule has 0 aliphatic rings. The molecule has 0 N–H and O–H groups in total. The Kier molecular flexibility index (Phi) is 4.27. The fourth-order valence-electron chi connectivity index (χ4n) is 2.65. The molecule has 0 unspecified atom stereocenters. The first-order valence-corrected chi connectivity index (χ1v) is 8.79. The van der Waals surface area contributed by atoms with Crippen molar-refractivity contribution >= 4 is 27.3 Å². The van der Waals surface area contributed by atoms with Gasteiger partial charge in [0.25, 0.3) is 0 Å². The summed E-state index contributed by atoms with van der Waals surface area (Å²) in [6, 6.07) is 24.6. The molecule has 4 rings (SSSR count). The van der Waals surface area contributed by atoms with Gasteiger partial charge in [-0.3, -0.25) is 4.79 Å². The number of ketones is 1. The van der Waals surface area contributed by atoms with E-state index < -0.39 is 0 Å². The minimum Gasteiger partial charge on any atom is -0.486 e. The van der Waals surface area contributed by atoms with Crippen LogP contribution in [0.4, 0.5) is 0 Å². The molecular formula is C21H15NO2S. The number of fused-ring (bicyclic) bond motifs is 1. The van der Waals surface area contributed by atoms with Crippen LogP contribution in [-0.2, 0) is 6.61 Å². The van der Waals surface area contributed by atoms with Gasteiger partial charge in [0, 0.05) is 5.56 Å². The Morgan fingerprint density at radius 1 is 0.880 bits per heavy atom. The lowest BCUT2D eigenvalue weighted by atomic mass is 10.0. The van der Waals surface area contributed by atoms with E-state index in [1.807, 2.05) is 72.8 Å². The van der Waals surface area contributed by atoms with Gasteiger partial charge in [-0.25, -0.2) is 4.98 Å². The number of nitrogens with zero attached hydrogens (tertiary/aromatic N) is 1. The van der Waals surface area contributed by atoms with E-state index in [1.165, 1.54) is 0 Å². The van der Waals surface area contributed by atoms with Crippen LogP contribution in [0.5, 0.6) is 5.75 Å². The standard InChI is InChI=1S/C21H15NO2S/c23-21(15-8-2-1-3-9-15)16-10-4-6-12-18(16)24-14-20-22-17-11-5-7-13-19(17)25-20/h1-13H,14H2. The van der Waals surface area contributed by atoms with Crippen LogP contribution in [0.1, 0.15) is 20.9 Å². The zero-order valence-electron chi connectivity index (χ0n) is 13.4. The molecule has 0 bridgehead atoms. The molecule has 3 aromatic carbocycles. The summed E-state index contributed by atoms with van der Waals surface area (Å²) in [4.78, 5) is 17.3. The number of thiazole rings is 1. The maximum atomic E-state index is 12.7. The molecule has 25 heavy (non-hydrogen) atoms. The number of aromatic nitrogens is 1. The van der Waals surface area contributed by atoms with Gasteiger partial charge in [0.15, 0.2) is 5.78 Å². The lowest BCUT2D eigenvalue weighted by molar-refractivity contribution is 0.103. The molecule has 0 aliphatic carbocycles. The monoisotopic (exact) mass is 345 g/mol. The predicted molar refractivity (Wildman–Crippen MR) is 100 cm³/mol. The highest BCUT2D eigenvalue weighted by Gasteiger charge is 2.14. The second-order valence-corrected chi connectivity index (χ2v) is 6.67. The highest BCUT2D eigenvalue weighted by molar-refractivity contribution is 7.18. The Morgan fingerprint density at radius 3 is 2.44 bits per heavy atom. The van der Waals surface area contributed by atoms with Crippen LogP contribution >= 0.6 is 11.3 Å². The van der Waals surface area contributed by atoms with E-state index in [-0.39, 0.29) is 5.78 Å². The third kappa shape index (κ3) is 3.30. The largest absolute Gasteiger partial charge is 0.486 e. The van der Waals surface area contributed by atoms with Gasteiger partial charge in [0.05, 0.1) is 15.8 Å². The summed E-state index contributed by atoms with van der Waals surface area (Å²) in [5.41, 5.74) is 2.19. The Bertz CT molecular complexity index is 991. The minimum atomic E-state index is -0.0412. The fourth-order valence-corrected chi connectivity index (χ4v) is 3.53. The van der Waals surface area contributed by atoms with E-state index in [4.69, 9.17) is 4.74 Å². The van der Waals surface area contributed by atoms with Gasteiger partial charge >= 0.3 is 0 Å². The second-order valence-electron chi connectivity index (χ2n) is 5.56. The van der Waals surface area contributed by atoms with Crippen molar-refractivity contribution < 1.29 is 9.53 Å². The maximum Gasteiger partial charge on any atom is 0.196 e. The normalized spacial score (nSPS) is 10.7. The summed E-state index contributed by atoms with van der Waals surface area (Å²) >= 11 is 1.61. The summed E-state index contributed by atoms with van der Waals surface area (Å²) in [5.74, 6) is 0.538. The topological polar surface area (TPSA) is 39.2 Å². The van der Waals surface area contributed by atoms with Crippen molar-refractivity contribution in [1.29, 1.82) is 0 Å². The van der Waals surface area contributed by atoms with Crippen LogP contribution in [0.2, 0.25) is 0 Å². The molecule has 3 nitrogen and oxygen atoms in total. The van der Waals surface area contributed by atoms with Gasteiger partial charge < -0.3 is 4.74 Å². The molecule has 0 spiro atoms. The summed E-state index contributed by atoms with van der Waals surface area (Å²) < 4.78 is 7.06.